The average molecular weight is 1470 g/mol. The van der Waals surface area contributed by atoms with Crippen molar-refractivity contribution in [1.82, 2.24) is 0 Å². The van der Waals surface area contributed by atoms with E-state index in [4.69, 9.17) is 16.2 Å². The van der Waals surface area contributed by atoms with Crippen LogP contribution in [0.3, 0.4) is 0 Å². The van der Waals surface area contributed by atoms with Crippen molar-refractivity contribution in [3.05, 3.63) is 310 Å². The fourth-order valence-electron chi connectivity index (χ4n) is 8.33. The largest absolute Gasteiger partial charge is 0.573 e. The maximum absolute atomic E-state index is 11.7. The van der Waals surface area contributed by atoms with Crippen LogP contribution in [0.25, 0.3) is 24.3 Å². The number of hydrogen-bond acceptors (Lipinski definition) is 12. The average Bonchev–Trinajstić information content (AvgIpc) is 0.888. The molecule has 8 aromatic rings. The van der Waals surface area contributed by atoms with Crippen molar-refractivity contribution >= 4 is 86.5 Å². The van der Waals surface area contributed by atoms with E-state index in [9.17, 15) is 51.5 Å². The second kappa shape index (κ2) is 55.3. The van der Waals surface area contributed by atoms with Crippen molar-refractivity contribution in [2.24, 2.45) is 11.5 Å². The van der Waals surface area contributed by atoms with Crippen LogP contribution in [0.4, 0.5) is 13.2 Å². The summed E-state index contributed by atoms with van der Waals surface area (Å²) in [5.41, 5.74) is 19.9. The first-order valence-electron chi connectivity index (χ1n) is 33.4. The third-order valence-corrected chi connectivity index (χ3v) is 14.2. The number of alkyl halides is 3. The molecule has 2 unspecified atom stereocenters. The van der Waals surface area contributed by atoms with Gasteiger partial charge in [0.2, 0.25) is 0 Å². The Kier molecular flexibility index (Phi) is 48.7. The Balaban J connectivity index is 0.000000589. The highest BCUT2D eigenvalue weighted by molar-refractivity contribution is 9.10. The zero-order chi connectivity index (χ0) is 76.6. The number of allylic oxidation sites excluding steroid dienone is 6. The molecule has 0 saturated heterocycles. The van der Waals surface area contributed by atoms with E-state index in [1.54, 1.807) is 70.4 Å². The van der Waals surface area contributed by atoms with E-state index in [-0.39, 0.29) is 58.3 Å². The van der Waals surface area contributed by atoms with Gasteiger partial charge in [-0.3, -0.25) is 33.6 Å². The third kappa shape index (κ3) is 53.2. The minimum absolute atomic E-state index is 0.00714. The highest BCUT2D eigenvalue weighted by Gasteiger charge is 2.31. The predicted molar refractivity (Wildman–Crippen MR) is 417 cm³/mol. The topological polar surface area (TPSA) is 207 Å². The quantitative estimate of drug-likeness (QED) is 0.0225. The number of ketones is 8. The Labute approximate surface area is 615 Å². The lowest BCUT2D eigenvalue weighted by Gasteiger charge is -2.08. The standard InChI is InChI=1S/C12H17NO.C12H16O.C12H12O.C11H15NO.C11H12O2.C10H9BrO.C10H10O.C9H7F3O2/c1-10(14)9-12(13)8-7-11-5-3-2-4-6-11;2*1-11(13)7-5-6-10-12-8-3-2-4-9-12;1-9(13)11(12)8-7-10-5-3-2-4-6-10;1-9(12)3-4-10-5-7-11(13-2)8-6-10;1-8(12)5-6-9-3-2-4-10(11)7-9;1-9(11)7-8-10-5-3-2-4-6-10;1-6(13)7-2-4-8(5-3-7)14-9(10,11)12/h2-6,12H,7-9,13H2,1H3;2-4,8-9H,5-7,10H2,1H3;2-10H,1H3;2-6,11H,7-8,12H2,1H3;3-8H,1-2H3;2-7H,1H3;2-8H,1H3;2-5H,1H3/b;;7-5+,10-6+;;4-3+;6-5+;8-7+;. The van der Waals surface area contributed by atoms with Crippen molar-refractivity contribution in [1.29, 1.82) is 0 Å². The number of carbonyl (C=O) groups excluding carboxylic acids is 8. The van der Waals surface area contributed by atoms with Gasteiger partial charge in [-0.1, -0.05) is 228 Å². The summed E-state index contributed by atoms with van der Waals surface area (Å²) >= 11 is 3.35. The summed E-state index contributed by atoms with van der Waals surface area (Å²) in [5, 5.41) is 0. The van der Waals surface area contributed by atoms with E-state index >= 15 is 0 Å². The van der Waals surface area contributed by atoms with Crippen molar-refractivity contribution in [3.63, 3.8) is 0 Å². The highest BCUT2D eigenvalue weighted by Crippen LogP contribution is 2.23. The maximum atomic E-state index is 11.7. The molecule has 0 fully saturated rings. The summed E-state index contributed by atoms with van der Waals surface area (Å²) in [4.78, 5) is 85.4. The van der Waals surface area contributed by atoms with Crippen molar-refractivity contribution in [3.8, 4) is 11.5 Å². The molecular formula is C87H98BrF3N2O10. The van der Waals surface area contributed by atoms with Crippen LogP contribution in [0.15, 0.2) is 265 Å². The fourth-order valence-corrected chi connectivity index (χ4v) is 8.75. The van der Waals surface area contributed by atoms with E-state index in [2.05, 4.69) is 57.1 Å². The lowest BCUT2D eigenvalue weighted by Crippen LogP contribution is -2.28. The Hall–Kier alpha value is -10.4. The number of nitrogens with two attached hydrogens (primary N) is 2. The molecule has 0 aliphatic rings. The van der Waals surface area contributed by atoms with Crippen LogP contribution >= 0.6 is 15.9 Å². The number of Topliss-reactive ketones (excluding diaryl/α,β-unsaturated/α-hetero) is 4. The van der Waals surface area contributed by atoms with Crippen LogP contribution < -0.4 is 20.9 Å². The number of hydrogen-bond donors (Lipinski definition) is 2. The van der Waals surface area contributed by atoms with E-state index in [0.717, 1.165) is 96.0 Å². The number of ether oxygens (including phenoxy) is 2. The van der Waals surface area contributed by atoms with E-state index in [0.29, 0.717) is 17.8 Å². The lowest BCUT2D eigenvalue weighted by molar-refractivity contribution is -0.274. The van der Waals surface area contributed by atoms with Gasteiger partial charge in [0.25, 0.3) is 0 Å². The molecule has 103 heavy (non-hydrogen) atoms. The molecule has 4 N–H and O–H groups in total. The van der Waals surface area contributed by atoms with E-state index < -0.39 is 6.36 Å². The lowest BCUT2D eigenvalue weighted by atomic mass is 10.0. The Morgan fingerprint density at radius 1 is 0.427 bits per heavy atom. The van der Waals surface area contributed by atoms with Crippen LogP contribution in [-0.4, -0.2) is 71.8 Å². The first-order valence-corrected chi connectivity index (χ1v) is 34.2. The van der Waals surface area contributed by atoms with Crippen LogP contribution in [0, 0.1) is 0 Å². The van der Waals surface area contributed by atoms with E-state index in [1.807, 2.05) is 182 Å². The molecule has 2 atom stereocenters. The fraction of sp³-hybridized carbons (Fsp3) is 0.241. The van der Waals surface area contributed by atoms with Gasteiger partial charge >= 0.3 is 6.36 Å². The van der Waals surface area contributed by atoms with Gasteiger partial charge in [-0.05, 0) is 212 Å². The number of aryl methyl sites for hydroxylation is 3. The summed E-state index contributed by atoms with van der Waals surface area (Å²) in [5.74, 6) is 1.08. The summed E-state index contributed by atoms with van der Waals surface area (Å²) in [6.45, 7) is 12.3. The zero-order valence-corrected chi connectivity index (χ0v) is 62.0. The molecule has 544 valence electrons. The molecule has 0 aromatic heterocycles. The summed E-state index contributed by atoms with van der Waals surface area (Å²) in [6.07, 6.45) is 20.3. The Morgan fingerprint density at radius 3 is 1.22 bits per heavy atom. The molecule has 8 aromatic carbocycles. The van der Waals surface area contributed by atoms with Crippen LogP contribution in [-0.2, 0) is 52.8 Å². The molecule has 0 heterocycles. The minimum Gasteiger partial charge on any atom is -0.497 e. The first kappa shape index (κ1) is 90.6. The Morgan fingerprint density at radius 2 is 0.825 bits per heavy atom. The number of methoxy groups -OCH3 is 1. The van der Waals surface area contributed by atoms with Gasteiger partial charge in [0.15, 0.2) is 28.9 Å². The molecule has 0 aliphatic carbocycles. The summed E-state index contributed by atoms with van der Waals surface area (Å²) in [6, 6.07) is 70.2. The molecule has 0 amide bonds. The van der Waals surface area contributed by atoms with Gasteiger partial charge < -0.3 is 25.7 Å². The number of halogens is 4. The molecular weight excluding hydrogens is 1370 g/mol. The Bertz CT molecular complexity index is 3880. The number of carbonyl (C=O) groups is 8. The molecule has 8 rings (SSSR count). The molecule has 0 saturated carbocycles. The van der Waals surface area contributed by atoms with Crippen molar-refractivity contribution in [2.75, 3.05) is 7.11 Å². The zero-order valence-electron chi connectivity index (χ0n) is 60.4. The first-order chi connectivity index (χ1) is 49.0. The molecule has 0 spiro atoms. The third-order valence-electron chi connectivity index (χ3n) is 13.7. The second-order valence-corrected chi connectivity index (χ2v) is 24.2. The molecule has 0 radical (unpaired) electrons. The maximum Gasteiger partial charge on any atom is 0.573 e. The van der Waals surface area contributed by atoms with E-state index in [1.165, 1.54) is 63.4 Å². The van der Waals surface area contributed by atoms with Gasteiger partial charge in [0, 0.05) is 28.9 Å². The normalized spacial score (nSPS) is 11.1. The smallest absolute Gasteiger partial charge is 0.497 e. The molecule has 16 heteroatoms. The van der Waals surface area contributed by atoms with Crippen molar-refractivity contribution in [2.45, 2.75) is 132 Å². The van der Waals surface area contributed by atoms with Crippen molar-refractivity contribution < 1.29 is 61.0 Å². The number of rotatable bonds is 26. The second-order valence-electron chi connectivity index (χ2n) is 23.3. The predicted octanol–water partition coefficient (Wildman–Crippen LogP) is 19.7. The minimum atomic E-state index is -4.70. The summed E-state index contributed by atoms with van der Waals surface area (Å²) in [7, 11) is 1.63. The summed E-state index contributed by atoms with van der Waals surface area (Å²) < 4.78 is 44.8. The molecule has 0 bridgehead atoms. The van der Waals surface area contributed by atoms with Gasteiger partial charge in [-0.15, -0.1) is 13.2 Å². The van der Waals surface area contributed by atoms with Crippen LogP contribution in [0.1, 0.15) is 143 Å². The van der Waals surface area contributed by atoms with Crippen LogP contribution in [0.2, 0.25) is 0 Å². The number of unbranched alkanes of at least 4 members (excludes halogenated alkanes) is 1. The molecule has 12 nitrogen and oxygen atoms in total. The highest BCUT2D eigenvalue weighted by atomic mass is 79.9. The number of benzene rings is 8. The monoisotopic (exact) mass is 1470 g/mol. The van der Waals surface area contributed by atoms with Crippen LogP contribution in [0.5, 0.6) is 11.5 Å². The van der Waals surface area contributed by atoms with Gasteiger partial charge in [-0.2, -0.15) is 0 Å². The van der Waals surface area contributed by atoms with Gasteiger partial charge in [0.05, 0.1) is 13.2 Å². The van der Waals surface area contributed by atoms with Gasteiger partial charge in [-0.25, -0.2) is 0 Å². The van der Waals surface area contributed by atoms with Gasteiger partial charge in [0.1, 0.15) is 28.8 Å². The molecule has 0 aliphatic heterocycles. The SMILES string of the molecule is CC(=O)/C=C/C=C/c1ccccc1.CC(=O)/C=C/c1cccc(Br)c1.CC(=O)/C=C/c1ccccc1.CC(=O)C(N)CCc1ccccc1.CC(=O)CC(N)CCc1ccccc1.CC(=O)CCCCc1ccccc1.CC(=O)c1ccc(OC(F)(F)F)cc1.COc1ccc(/C=C/C(C)=O)cc1.